The second-order valence-corrected chi connectivity index (χ2v) is 6.25. The monoisotopic (exact) mass is 290 g/mol. The van der Waals surface area contributed by atoms with E-state index in [1.165, 1.54) is 10.6 Å². The van der Waals surface area contributed by atoms with Gasteiger partial charge in [0, 0.05) is 23.7 Å². The first-order valence-electron chi connectivity index (χ1n) is 7.12. The number of aryl methyl sites for hydroxylation is 2. The standard InChI is InChI=1S/C15H22N4S/c1-5-6-12-14(9-17-10(2)3)20-15(19-12)13-7-8-16-11(4)18-13/h7-8,10,17H,5-6,9H2,1-4H3. The predicted molar refractivity (Wildman–Crippen MR) is 83.8 cm³/mol. The molecule has 0 aliphatic carbocycles. The molecule has 0 atom stereocenters. The Bertz CT molecular complexity index is 563. The molecular formula is C15H22N4S. The Labute approximate surface area is 124 Å². The summed E-state index contributed by atoms with van der Waals surface area (Å²) in [5, 5.41) is 4.47. The molecule has 0 aliphatic rings. The summed E-state index contributed by atoms with van der Waals surface area (Å²) in [6.07, 6.45) is 3.93. The molecule has 20 heavy (non-hydrogen) atoms. The lowest BCUT2D eigenvalue weighted by Gasteiger charge is -2.07. The van der Waals surface area contributed by atoms with Gasteiger partial charge in [0.1, 0.15) is 16.5 Å². The van der Waals surface area contributed by atoms with Crippen LogP contribution in [-0.4, -0.2) is 21.0 Å². The highest BCUT2D eigenvalue weighted by atomic mass is 32.1. The van der Waals surface area contributed by atoms with Crippen LogP contribution in [0.1, 0.15) is 43.6 Å². The maximum Gasteiger partial charge on any atom is 0.142 e. The van der Waals surface area contributed by atoms with Crippen molar-refractivity contribution in [3.8, 4) is 10.7 Å². The van der Waals surface area contributed by atoms with Gasteiger partial charge in [0.25, 0.3) is 0 Å². The van der Waals surface area contributed by atoms with Crippen molar-refractivity contribution in [2.45, 2.75) is 53.1 Å². The molecule has 0 spiro atoms. The second-order valence-electron chi connectivity index (χ2n) is 5.16. The van der Waals surface area contributed by atoms with Gasteiger partial charge < -0.3 is 5.32 Å². The van der Waals surface area contributed by atoms with Crippen LogP contribution in [-0.2, 0) is 13.0 Å². The summed E-state index contributed by atoms with van der Waals surface area (Å²) >= 11 is 1.74. The molecular weight excluding hydrogens is 268 g/mol. The van der Waals surface area contributed by atoms with Crippen LogP contribution in [0.25, 0.3) is 10.7 Å². The molecule has 4 nitrogen and oxygen atoms in total. The van der Waals surface area contributed by atoms with Gasteiger partial charge in [0.15, 0.2) is 0 Å². The molecule has 2 aromatic heterocycles. The Hall–Kier alpha value is -1.33. The van der Waals surface area contributed by atoms with Crippen LogP contribution in [0, 0.1) is 6.92 Å². The summed E-state index contributed by atoms with van der Waals surface area (Å²) < 4.78 is 0. The second kappa shape index (κ2) is 6.90. The van der Waals surface area contributed by atoms with Gasteiger partial charge in [-0.2, -0.15) is 0 Å². The summed E-state index contributed by atoms with van der Waals surface area (Å²) in [4.78, 5) is 14.7. The zero-order valence-electron chi connectivity index (χ0n) is 12.6. The molecule has 0 aromatic carbocycles. The topological polar surface area (TPSA) is 50.7 Å². The maximum atomic E-state index is 4.78. The molecule has 0 unspecified atom stereocenters. The van der Waals surface area contributed by atoms with Gasteiger partial charge in [-0.3, -0.25) is 0 Å². The molecule has 0 saturated carbocycles. The molecule has 0 fully saturated rings. The number of aromatic nitrogens is 3. The molecule has 0 aliphatic heterocycles. The Morgan fingerprint density at radius 1 is 1.30 bits per heavy atom. The van der Waals surface area contributed by atoms with Crippen molar-refractivity contribution in [2.75, 3.05) is 0 Å². The first-order chi connectivity index (χ1) is 9.60. The first-order valence-corrected chi connectivity index (χ1v) is 7.93. The van der Waals surface area contributed by atoms with Gasteiger partial charge in [0.2, 0.25) is 0 Å². The van der Waals surface area contributed by atoms with Crippen LogP contribution < -0.4 is 5.32 Å². The lowest BCUT2D eigenvalue weighted by Crippen LogP contribution is -2.21. The van der Waals surface area contributed by atoms with Gasteiger partial charge >= 0.3 is 0 Å². The maximum absolute atomic E-state index is 4.78. The van der Waals surface area contributed by atoms with Crippen LogP contribution in [0.3, 0.4) is 0 Å². The SMILES string of the molecule is CCCc1nc(-c2ccnc(C)n2)sc1CNC(C)C. The predicted octanol–water partition coefficient (Wildman–Crippen LogP) is 3.36. The number of nitrogens with zero attached hydrogens (tertiary/aromatic N) is 3. The van der Waals surface area contributed by atoms with E-state index in [1.807, 2.05) is 13.0 Å². The van der Waals surface area contributed by atoms with E-state index in [2.05, 4.69) is 36.1 Å². The van der Waals surface area contributed by atoms with Gasteiger partial charge in [-0.05, 0) is 19.4 Å². The zero-order valence-corrected chi connectivity index (χ0v) is 13.4. The highest BCUT2D eigenvalue weighted by molar-refractivity contribution is 7.15. The summed E-state index contributed by atoms with van der Waals surface area (Å²) in [7, 11) is 0. The highest BCUT2D eigenvalue weighted by Gasteiger charge is 2.13. The van der Waals surface area contributed by atoms with E-state index in [0.717, 1.165) is 35.9 Å². The van der Waals surface area contributed by atoms with E-state index in [0.29, 0.717) is 6.04 Å². The summed E-state index contributed by atoms with van der Waals surface area (Å²) in [6, 6.07) is 2.41. The van der Waals surface area contributed by atoms with E-state index < -0.39 is 0 Å². The third kappa shape index (κ3) is 3.84. The van der Waals surface area contributed by atoms with Gasteiger partial charge in [-0.15, -0.1) is 11.3 Å². The van der Waals surface area contributed by atoms with Crippen molar-refractivity contribution in [3.63, 3.8) is 0 Å². The van der Waals surface area contributed by atoms with Crippen molar-refractivity contribution in [2.24, 2.45) is 0 Å². The molecule has 5 heteroatoms. The van der Waals surface area contributed by atoms with Crippen molar-refractivity contribution < 1.29 is 0 Å². The van der Waals surface area contributed by atoms with Crippen LogP contribution in [0.5, 0.6) is 0 Å². The first kappa shape index (κ1) is 15.1. The summed E-state index contributed by atoms with van der Waals surface area (Å²) in [5.41, 5.74) is 2.13. The molecule has 0 bridgehead atoms. The average Bonchev–Trinajstić information content (AvgIpc) is 2.80. The van der Waals surface area contributed by atoms with Crippen LogP contribution in [0.15, 0.2) is 12.3 Å². The minimum Gasteiger partial charge on any atom is -0.310 e. The minimum absolute atomic E-state index is 0.483. The fraction of sp³-hybridized carbons (Fsp3) is 0.533. The van der Waals surface area contributed by atoms with E-state index in [4.69, 9.17) is 4.98 Å². The summed E-state index contributed by atoms with van der Waals surface area (Å²) in [5.74, 6) is 0.789. The van der Waals surface area contributed by atoms with E-state index >= 15 is 0 Å². The molecule has 2 aromatic rings. The third-order valence-corrected chi connectivity index (χ3v) is 4.05. The third-order valence-electron chi connectivity index (χ3n) is 2.93. The van der Waals surface area contributed by atoms with Crippen molar-refractivity contribution in [1.29, 1.82) is 0 Å². The van der Waals surface area contributed by atoms with Crippen molar-refractivity contribution >= 4 is 11.3 Å². The zero-order chi connectivity index (χ0) is 14.5. The van der Waals surface area contributed by atoms with Crippen molar-refractivity contribution in [1.82, 2.24) is 20.3 Å². The lowest BCUT2D eigenvalue weighted by molar-refractivity contribution is 0.589. The Balaban J connectivity index is 2.28. The lowest BCUT2D eigenvalue weighted by atomic mass is 10.2. The van der Waals surface area contributed by atoms with Gasteiger partial charge in [-0.1, -0.05) is 27.2 Å². The molecule has 0 saturated heterocycles. The molecule has 0 radical (unpaired) electrons. The minimum atomic E-state index is 0.483. The number of nitrogens with one attached hydrogen (secondary N) is 1. The Morgan fingerprint density at radius 2 is 2.10 bits per heavy atom. The molecule has 0 amide bonds. The van der Waals surface area contributed by atoms with E-state index in [1.54, 1.807) is 17.5 Å². The van der Waals surface area contributed by atoms with Gasteiger partial charge in [0.05, 0.1) is 5.69 Å². The number of thiazole rings is 1. The fourth-order valence-electron chi connectivity index (χ4n) is 1.94. The molecule has 108 valence electrons. The fourth-order valence-corrected chi connectivity index (χ4v) is 2.96. The summed E-state index contributed by atoms with van der Waals surface area (Å²) in [6.45, 7) is 9.30. The molecule has 2 heterocycles. The van der Waals surface area contributed by atoms with Crippen LogP contribution >= 0.6 is 11.3 Å². The highest BCUT2D eigenvalue weighted by Crippen LogP contribution is 2.27. The van der Waals surface area contributed by atoms with Crippen LogP contribution in [0.4, 0.5) is 0 Å². The van der Waals surface area contributed by atoms with Gasteiger partial charge in [-0.25, -0.2) is 15.0 Å². The quantitative estimate of drug-likeness (QED) is 0.886. The van der Waals surface area contributed by atoms with E-state index in [9.17, 15) is 0 Å². The molecule has 2 rings (SSSR count). The normalized spacial score (nSPS) is 11.2. The van der Waals surface area contributed by atoms with E-state index in [-0.39, 0.29) is 0 Å². The average molecular weight is 290 g/mol. The Kier molecular flexibility index (Phi) is 5.20. The largest absolute Gasteiger partial charge is 0.310 e. The smallest absolute Gasteiger partial charge is 0.142 e. The number of hydrogen-bond acceptors (Lipinski definition) is 5. The Morgan fingerprint density at radius 3 is 2.75 bits per heavy atom. The van der Waals surface area contributed by atoms with Crippen LogP contribution in [0.2, 0.25) is 0 Å². The number of rotatable bonds is 6. The molecule has 1 N–H and O–H groups in total. The number of hydrogen-bond donors (Lipinski definition) is 1. The van der Waals surface area contributed by atoms with Crippen molar-refractivity contribution in [3.05, 3.63) is 28.7 Å².